The zero-order valence-electron chi connectivity index (χ0n) is 11.6. The first kappa shape index (κ1) is 13.6. The van der Waals surface area contributed by atoms with Gasteiger partial charge in [0, 0.05) is 12.8 Å². The van der Waals surface area contributed by atoms with Crippen LogP contribution in [0.5, 0.6) is 0 Å². The van der Waals surface area contributed by atoms with Crippen molar-refractivity contribution in [3.05, 3.63) is 30.2 Å². The predicted molar refractivity (Wildman–Crippen MR) is 75.4 cm³/mol. The monoisotopic (exact) mass is 285 g/mol. The molecule has 0 bridgehead atoms. The maximum Gasteiger partial charge on any atom is 0.255 e. The van der Waals surface area contributed by atoms with E-state index < -0.39 is 6.10 Å². The van der Waals surface area contributed by atoms with Crippen molar-refractivity contribution in [1.29, 1.82) is 0 Å². The summed E-state index contributed by atoms with van der Waals surface area (Å²) < 4.78 is 5.34. The van der Waals surface area contributed by atoms with Crippen molar-refractivity contribution in [3.63, 3.8) is 0 Å². The third kappa shape index (κ3) is 3.19. The predicted octanol–water partition coefficient (Wildman–Crippen LogP) is 1.36. The second-order valence-electron chi connectivity index (χ2n) is 4.74. The number of nitrogens with zero attached hydrogens (tertiary/aromatic N) is 4. The largest absolute Gasteiger partial charge is 0.368 e. The molecule has 3 rings (SSSR count). The van der Waals surface area contributed by atoms with Gasteiger partial charge in [-0.15, -0.1) is 0 Å². The molecule has 7 heteroatoms. The van der Waals surface area contributed by atoms with Crippen molar-refractivity contribution < 1.29 is 9.53 Å². The third-order valence-electron chi connectivity index (χ3n) is 3.10. The van der Waals surface area contributed by atoms with E-state index in [1.165, 1.54) is 0 Å². The fourth-order valence-electron chi connectivity index (χ4n) is 2.12. The van der Waals surface area contributed by atoms with Crippen LogP contribution in [-0.4, -0.2) is 38.6 Å². The van der Waals surface area contributed by atoms with Gasteiger partial charge in [0.1, 0.15) is 17.6 Å². The third-order valence-corrected chi connectivity index (χ3v) is 3.10. The standard InChI is InChI=1S/C14H15N5O2/c1-9-16-12(10-5-2-3-7-15-10)18-14(17-9)19-13(20)11-6-4-8-21-11/h2-3,5,7,11H,4,6,8H2,1H3,(H,16,17,18,19,20)/t11-/m1/s1. The summed E-state index contributed by atoms with van der Waals surface area (Å²) in [5.41, 5.74) is 0.635. The number of pyridine rings is 1. The Morgan fingerprint density at radius 3 is 2.95 bits per heavy atom. The molecule has 0 saturated carbocycles. The number of rotatable bonds is 3. The van der Waals surface area contributed by atoms with Gasteiger partial charge in [0.15, 0.2) is 5.82 Å². The van der Waals surface area contributed by atoms with Gasteiger partial charge in [-0.2, -0.15) is 9.97 Å². The average molecular weight is 285 g/mol. The fourth-order valence-corrected chi connectivity index (χ4v) is 2.12. The maximum atomic E-state index is 12.0. The van der Waals surface area contributed by atoms with Crippen LogP contribution in [0.15, 0.2) is 24.4 Å². The maximum absolute atomic E-state index is 12.0. The summed E-state index contributed by atoms with van der Waals surface area (Å²) in [4.78, 5) is 28.8. The molecule has 1 amide bonds. The highest BCUT2D eigenvalue weighted by molar-refractivity contribution is 5.92. The quantitative estimate of drug-likeness (QED) is 0.915. The van der Waals surface area contributed by atoms with Gasteiger partial charge in [-0.1, -0.05) is 6.07 Å². The van der Waals surface area contributed by atoms with Gasteiger partial charge >= 0.3 is 0 Å². The lowest BCUT2D eigenvalue weighted by molar-refractivity contribution is -0.124. The van der Waals surface area contributed by atoms with Crippen LogP contribution < -0.4 is 5.32 Å². The first-order valence-corrected chi connectivity index (χ1v) is 6.79. The minimum absolute atomic E-state index is 0.218. The minimum Gasteiger partial charge on any atom is -0.368 e. The summed E-state index contributed by atoms with van der Waals surface area (Å²) in [7, 11) is 0. The molecule has 1 fully saturated rings. The summed E-state index contributed by atoms with van der Waals surface area (Å²) in [5.74, 6) is 0.966. The van der Waals surface area contributed by atoms with Crippen LogP contribution in [0.2, 0.25) is 0 Å². The second kappa shape index (κ2) is 5.92. The Bertz CT molecular complexity index is 641. The first-order valence-electron chi connectivity index (χ1n) is 6.79. The highest BCUT2D eigenvalue weighted by Crippen LogP contribution is 2.16. The average Bonchev–Trinajstić information content (AvgIpc) is 3.02. The van der Waals surface area contributed by atoms with Gasteiger partial charge in [-0.05, 0) is 31.9 Å². The van der Waals surface area contributed by atoms with Gasteiger partial charge in [0.25, 0.3) is 5.91 Å². The lowest BCUT2D eigenvalue weighted by atomic mass is 10.2. The van der Waals surface area contributed by atoms with Crippen molar-refractivity contribution in [3.8, 4) is 11.5 Å². The van der Waals surface area contributed by atoms with E-state index in [-0.39, 0.29) is 11.9 Å². The zero-order chi connectivity index (χ0) is 14.7. The number of hydrogen-bond donors (Lipinski definition) is 1. The molecule has 2 aromatic rings. The molecule has 1 aliphatic heterocycles. The molecule has 0 aliphatic carbocycles. The summed E-state index contributed by atoms with van der Waals surface area (Å²) >= 11 is 0. The Morgan fingerprint density at radius 1 is 1.33 bits per heavy atom. The SMILES string of the molecule is Cc1nc(NC(=O)[C@H]2CCCO2)nc(-c2ccccn2)n1. The molecule has 1 atom stereocenters. The van der Waals surface area contributed by atoms with E-state index in [2.05, 4.69) is 25.3 Å². The molecule has 21 heavy (non-hydrogen) atoms. The molecule has 7 nitrogen and oxygen atoms in total. The highest BCUT2D eigenvalue weighted by atomic mass is 16.5. The number of ether oxygens (including phenoxy) is 1. The van der Waals surface area contributed by atoms with Crippen molar-refractivity contribution in [2.24, 2.45) is 0 Å². The van der Waals surface area contributed by atoms with E-state index in [4.69, 9.17) is 4.74 Å². The number of amides is 1. The number of aryl methyl sites for hydroxylation is 1. The number of anilines is 1. The summed E-state index contributed by atoms with van der Waals surface area (Å²) in [6.07, 6.45) is 2.87. The molecule has 1 N–H and O–H groups in total. The topological polar surface area (TPSA) is 89.9 Å². The number of hydrogen-bond acceptors (Lipinski definition) is 6. The fraction of sp³-hybridized carbons (Fsp3) is 0.357. The van der Waals surface area contributed by atoms with Crippen LogP contribution in [0.3, 0.4) is 0 Å². The Kier molecular flexibility index (Phi) is 3.83. The number of carbonyl (C=O) groups is 1. The van der Waals surface area contributed by atoms with Crippen LogP contribution in [0.25, 0.3) is 11.5 Å². The molecule has 0 spiro atoms. The van der Waals surface area contributed by atoms with Gasteiger partial charge in [0.05, 0.1) is 0 Å². The molecule has 0 radical (unpaired) electrons. The Labute approximate surface area is 121 Å². The first-order chi connectivity index (χ1) is 10.2. The molecule has 3 heterocycles. The van der Waals surface area contributed by atoms with Gasteiger partial charge < -0.3 is 4.74 Å². The van der Waals surface area contributed by atoms with Crippen molar-refractivity contribution in [2.45, 2.75) is 25.9 Å². The molecule has 0 unspecified atom stereocenters. The van der Waals surface area contributed by atoms with Crippen LogP contribution in [0.1, 0.15) is 18.7 Å². The van der Waals surface area contributed by atoms with Gasteiger partial charge in [0.2, 0.25) is 5.95 Å². The van der Waals surface area contributed by atoms with E-state index in [0.717, 1.165) is 12.8 Å². The number of carbonyl (C=O) groups excluding carboxylic acids is 1. The molecular weight excluding hydrogens is 270 g/mol. The molecule has 1 aliphatic rings. The van der Waals surface area contributed by atoms with Crippen LogP contribution in [0, 0.1) is 6.92 Å². The Morgan fingerprint density at radius 2 is 2.24 bits per heavy atom. The van der Waals surface area contributed by atoms with E-state index in [9.17, 15) is 4.79 Å². The van der Waals surface area contributed by atoms with E-state index in [0.29, 0.717) is 23.9 Å². The van der Waals surface area contributed by atoms with E-state index in [1.807, 2.05) is 12.1 Å². The van der Waals surface area contributed by atoms with Crippen molar-refractivity contribution in [1.82, 2.24) is 19.9 Å². The van der Waals surface area contributed by atoms with E-state index >= 15 is 0 Å². The van der Waals surface area contributed by atoms with Crippen LogP contribution in [-0.2, 0) is 9.53 Å². The molecule has 1 saturated heterocycles. The number of aromatic nitrogens is 4. The lowest BCUT2D eigenvalue weighted by Crippen LogP contribution is -2.28. The molecule has 2 aromatic heterocycles. The van der Waals surface area contributed by atoms with Gasteiger partial charge in [-0.25, -0.2) is 4.98 Å². The Balaban J connectivity index is 1.82. The minimum atomic E-state index is -0.416. The molecule has 0 aromatic carbocycles. The van der Waals surface area contributed by atoms with Crippen LogP contribution >= 0.6 is 0 Å². The van der Waals surface area contributed by atoms with Crippen LogP contribution in [0.4, 0.5) is 5.95 Å². The van der Waals surface area contributed by atoms with E-state index in [1.54, 1.807) is 19.2 Å². The summed E-state index contributed by atoms with van der Waals surface area (Å²) in [6.45, 7) is 2.36. The molecular formula is C14H15N5O2. The highest BCUT2D eigenvalue weighted by Gasteiger charge is 2.24. The van der Waals surface area contributed by atoms with Crippen molar-refractivity contribution in [2.75, 3.05) is 11.9 Å². The summed E-state index contributed by atoms with van der Waals surface area (Å²) in [6, 6.07) is 5.48. The van der Waals surface area contributed by atoms with Gasteiger partial charge in [-0.3, -0.25) is 15.1 Å². The van der Waals surface area contributed by atoms with Crippen molar-refractivity contribution >= 4 is 11.9 Å². The normalized spacial score (nSPS) is 17.7. The number of nitrogens with one attached hydrogen (secondary N) is 1. The summed E-state index contributed by atoms with van der Waals surface area (Å²) in [5, 5.41) is 2.68. The second-order valence-corrected chi connectivity index (χ2v) is 4.74. The zero-order valence-corrected chi connectivity index (χ0v) is 11.6. The Hall–Kier alpha value is -2.41. The molecule has 108 valence electrons. The smallest absolute Gasteiger partial charge is 0.255 e. The lowest BCUT2D eigenvalue weighted by Gasteiger charge is -2.10.